The summed E-state index contributed by atoms with van der Waals surface area (Å²) in [6.45, 7) is 2.83. The van der Waals surface area contributed by atoms with E-state index in [2.05, 4.69) is 10.6 Å². The van der Waals surface area contributed by atoms with Crippen LogP contribution in [0.4, 0.5) is 22.7 Å². The summed E-state index contributed by atoms with van der Waals surface area (Å²) in [7, 11) is 0. The van der Waals surface area contributed by atoms with Gasteiger partial charge in [0.1, 0.15) is 0 Å². The van der Waals surface area contributed by atoms with E-state index in [1.165, 1.54) is 6.07 Å². The Morgan fingerprint density at radius 2 is 1.75 bits per heavy atom. The number of nitro groups is 1. The van der Waals surface area contributed by atoms with E-state index in [0.29, 0.717) is 5.69 Å². The molecule has 0 radical (unpaired) electrons. The number of hydrogen-bond acceptors (Lipinski definition) is 4. The summed E-state index contributed by atoms with van der Waals surface area (Å²) in [5.74, 6) is 0. The van der Waals surface area contributed by atoms with Crippen molar-refractivity contribution in [2.45, 2.75) is 13.3 Å². The zero-order chi connectivity index (χ0) is 14.4. The number of benzene rings is 2. The Hall–Kier alpha value is -2.56. The molecule has 0 aliphatic rings. The SMILES string of the molecule is CCCNc1cc(Nc2ccccc2)cc([N+](=O)[O-])c1. The van der Waals surface area contributed by atoms with E-state index in [-0.39, 0.29) is 10.6 Å². The van der Waals surface area contributed by atoms with Gasteiger partial charge in [-0.1, -0.05) is 25.1 Å². The molecule has 0 aliphatic heterocycles. The molecule has 0 fully saturated rings. The van der Waals surface area contributed by atoms with Gasteiger partial charge in [0.05, 0.1) is 4.92 Å². The van der Waals surface area contributed by atoms with Crippen LogP contribution in [-0.4, -0.2) is 11.5 Å². The topological polar surface area (TPSA) is 67.2 Å². The molecule has 2 rings (SSSR count). The number of nitrogens with zero attached hydrogens (tertiary/aromatic N) is 1. The van der Waals surface area contributed by atoms with Crippen molar-refractivity contribution in [1.29, 1.82) is 0 Å². The third kappa shape index (κ3) is 3.71. The van der Waals surface area contributed by atoms with Gasteiger partial charge in [-0.05, 0) is 24.6 Å². The molecule has 0 aliphatic carbocycles. The Balaban J connectivity index is 2.26. The van der Waals surface area contributed by atoms with Crippen molar-refractivity contribution in [2.24, 2.45) is 0 Å². The van der Waals surface area contributed by atoms with Crippen LogP contribution in [0.5, 0.6) is 0 Å². The summed E-state index contributed by atoms with van der Waals surface area (Å²) in [6, 6.07) is 14.5. The molecule has 20 heavy (non-hydrogen) atoms. The first-order chi connectivity index (χ1) is 9.69. The fraction of sp³-hybridized carbons (Fsp3) is 0.200. The van der Waals surface area contributed by atoms with E-state index in [9.17, 15) is 10.1 Å². The minimum atomic E-state index is -0.382. The third-order valence-corrected chi connectivity index (χ3v) is 2.77. The van der Waals surface area contributed by atoms with Gasteiger partial charge in [0.15, 0.2) is 0 Å². The van der Waals surface area contributed by atoms with Gasteiger partial charge in [0, 0.05) is 35.7 Å². The summed E-state index contributed by atoms with van der Waals surface area (Å²) in [5.41, 5.74) is 2.42. The average molecular weight is 271 g/mol. The van der Waals surface area contributed by atoms with Gasteiger partial charge in [-0.2, -0.15) is 0 Å². The zero-order valence-corrected chi connectivity index (χ0v) is 11.3. The van der Waals surface area contributed by atoms with E-state index in [1.54, 1.807) is 6.07 Å². The number of nitro benzene ring substituents is 1. The van der Waals surface area contributed by atoms with Crippen LogP contribution in [0.1, 0.15) is 13.3 Å². The molecule has 2 N–H and O–H groups in total. The van der Waals surface area contributed by atoms with Gasteiger partial charge in [0.25, 0.3) is 5.69 Å². The summed E-state index contributed by atoms with van der Waals surface area (Å²) in [5, 5.41) is 17.3. The average Bonchev–Trinajstić information content (AvgIpc) is 2.46. The van der Waals surface area contributed by atoms with Crippen LogP contribution in [0, 0.1) is 10.1 Å². The Labute approximate surface area is 117 Å². The van der Waals surface area contributed by atoms with Crippen molar-refractivity contribution in [2.75, 3.05) is 17.2 Å². The van der Waals surface area contributed by atoms with Crippen LogP contribution >= 0.6 is 0 Å². The van der Waals surface area contributed by atoms with Crippen molar-refractivity contribution in [3.05, 3.63) is 58.6 Å². The van der Waals surface area contributed by atoms with Crippen LogP contribution in [0.15, 0.2) is 48.5 Å². The Bertz CT molecular complexity index is 585. The molecule has 0 unspecified atom stereocenters. The minimum absolute atomic E-state index is 0.0736. The highest BCUT2D eigenvalue weighted by Gasteiger charge is 2.09. The monoisotopic (exact) mass is 271 g/mol. The van der Waals surface area contributed by atoms with E-state index in [0.717, 1.165) is 24.3 Å². The number of nitrogens with one attached hydrogen (secondary N) is 2. The lowest BCUT2D eigenvalue weighted by Crippen LogP contribution is -2.01. The first-order valence-corrected chi connectivity index (χ1v) is 6.54. The highest BCUT2D eigenvalue weighted by molar-refractivity contribution is 5.68. The van der Waals surface area contributed by atoms with Gasteiger partial charge in [-0.3, -0.25) is 10.1 Å². The number of anilines is 3. The number of hydrogen-bond donors (Lipinski definition) is 2. The fourth-order valence-corrected chi connectivity index (χ4v) is 1.85. The number of non-ortho nitro benzene ring substituents is 1. The second-order valence-electron chi connectivity index (χ2n) is 4.44. The molecule has 0 spiro atoms. The Kier molecular flexibility index (Phi) is 4.55. The quantitative estimate of drug-likeness (QED) is 0.611. The molecule has 5 nitrogen and oxygen atoms in total. The molecule has 5 heteroatoms. The van der Waals surface area contributed by atoms with E-state index in [4.69, 9.17) is 0 Å². The highest BCUT2D eigenvalue weighted by atomic mass is 16.6. The first kappa shape index (κ1) is 13.9. The third-order valence-electron chi connectivity index (χ3n) is 2.77. The molecule has 0 bridgehead atoms. The highest BCUT2D eigenvalue weighted by Crippen LogP contribution is 2.26. The molecule has 2 aromatic rings. The molecule has 0 amide bonds. The molecule has 0 atom stereocenters. The van der Waals surface area contributed by atoms with Gasteiger partial charge in [0.2, 0.25) is 0 Å². The van der Waals surface area contributed by atoms with Crippen molar-refractivity contribution >= 4 is 22.7 Å². The smallest absolute Gasteiger partial charge is 0.273 e. The lowest BCUT2D eigenvalue weighted by Gasteiger charge is -2.10. The lowest BCUT2D eigenvalue weighted by atomic mass is 10.2. The molecule has 0 saturated carbocycles. The summed E-state index contributed by atoms with van der Waals surface area (Å²) in [6.07, 6.45) is 0.962. The van der Waals surface area contributed by atoms with Gasteiger partial charge >= 0.3 is 0 Å². The van der Waals surface area contributed by atoms with Gasteiger partial charge in [-0.25, -0.2) is 0 Å². The van der Waals surface area contributed by atoms with E-state index >= 15 is 0 Å². The predicted octanol–water partition coefficient (Wildman–Crippen LogP) is 4.16. The van der Waals surface area contributed by atoms with Crippen molar-refractivity contribution < 1.29 is 4.92 Å². The van der Waals surface area contributed by atoms with E-state index < -0.39 is 0 Å². The fourth-order valence-electron chi connectivity index (χ4n) is 1.85. The largest absolute Gasteiger partial charge is 0.385 e. The first-order valence-electron chi connectivity index (χ1n) is 6.54. The lowest BCUT2D eigenvalue weighted by molar-refractivity contribution is -0.384. The van der Waals surface area contributed by atoms with Gasteiger partial charge < -0.3 is 10.6 Å². The normalized spacial score (nSPS) is 10.1. The Morgan fingerprint density at radius 3 is 2.40 bits per heavy atom. The Morgan fingerprint density at radius 1 is 1.05 bits per heavy atom. The molecule has 2 aromatic carbocycles. The zero-order valence-electron chi connectivity index (χ0n) is 11.3. The van der Waals surface area contributed by atoms with Crippen LogP contribution in [0.2, 0.25) is 0 Å². The molecule has 0 heterocycles. The van der Waals surface area contributed by atoms with Crippen LogP contribution in [-0.2, 0) is 0 Å². The second kappa shape index (κ2) is 6.56. The van der Waals surface area contributed by atoms with Crippen molar-refractivity contribution in [3.8, 4) is 0 Å². The van der Waals surface area contributed by atoms with Crippen LogP contribution < -0.4 is 10.6 Å². The summed E-state index contributed by atoms with van der Waals surface area (Å²) in [4.78, 5) is 10.6. The van der Waals surface area contributed by atoms with Crippen LogP contribution in [0.3, 0.4) is 0 Å². The standard InChI is InChI=1S/C15H17N3O2/c1-2-8-16-13-9-14(11-15(10-13)18(19)20)17-12-6-4-3-5-7-12/h3-7,9-11,16-17H,2,8H2,1H3. The number of rotatable bonds is 6. The maximum atomic E-state index is 11.0. The van der Waals surface area contributed by atoms with E-state index in [1.807, 2.05) is 43.3 Å². The molecule has 0 saturated heterocycles. The van der Waals surface area contributed by atoms with Gasteiger partial charge in [-0.15, -0.1) is 0 Å². The maximum absolute atomic E-state index is 11.0. The second-order valence-corrected chi connectivity index (χ2v) is 4.44. The molecule has 0 aromatic heterocycles. The summed E-state index contributed by atoms with van der Waals surface area (Å²) < 4.78 is 0. The molecular formula is C15H17N3O2. The predicted molar refractivity (Wildman–Crippen MR) is 81.6 cm³/mol. The maximum Gasteiger partial charge on any atom is 0.273 e. The molecular weight excluding hydrogens is 254 g/mol. The molecule has 104 valence electrons. The van der Waals surface area contributed by atoms with Crippen molar-refractivity contribution in [1.82, 2.24) is 0 Å². The van der Waals surface area contributed by atoms with Crippen molar-refractivity contribution in [3.63, 3.8) is 0 Å². The number of para-hydroxylation sites is 1. The minimum Gasteiger partial charge on any atom is -0.385 e. The van der Waals surface area contributed by atoms with Crippen LogP contribution in [0.25, 0.3) is 0 Å². The summed E-state index contributed by atoms with van der Waals surface area (Å²) >= 11 is 0.